The number of hydrogen-bond donors (Lipinski definition) is 2. The lowest BCUT2D eigenvalue weighted by Crippen LogP contribution is -2.19. The van der Waals surface area contributed by atoms with Gasteiger partial charge in [0.25, 0.3) is 0 Å². The lowest BCUT2D eigenvalue weighted by Gasteiger charge is -2.08. The van der Waals surface area contributed by atoms with Gasteiger partial charge in [-0.2, -0.15) is 0 Å². The van der Waals surface area contributed by atoms with Crippen LogP contribution >= 0.6 is 0 Å². The van der Waals surface area contributed by atoms with Gasteiger partial charge in [-0.3, -0.25) is 4.98 Å². The van der Waals surface area contributed by atoms with Crippen molar-refractivity contribution in [3.63, 3.8) is 0 Å². The van der Waals surface area contributed by atoms with Crippen LogP contribution in [0.2, 0.25) is 0 Å². The smallest absolute Gasteiger partial charge is 0.0541 e. The van der Waals surface area contributed by atoms with Gasteiger partial charge in [0.15, 0.2) is 0 Å². The normalized spacial score (nSPS) is 19.0. The molecule has 2 rings (SSSR count). The lowest BCUT2D eigenvalue weighted by molar-refractivity contribution is 0.532. The Morgan fingerprint density at radius 1 is 1.04 bits per heavy atom. The van der Waals surface area contributed by atoms with Crippen LogP contribution in [-0.2, 0) is 13.0 Å². The average molecular weight is 374 g/mol. The first kappa shape index (κ1) is 22.4. The Hall–Kier alpha value is -0.930. The van der Waals surface area contributed by atoms with Gasteiger partial charge >= 0.3 is 0 Å². The molecule has 3 heteroatoms. The average Bonchev–Trinajstić information content (AvgIpc) is 3.41. The molecule has 0 radical (unpaired) electrons. The summed E-state index contributed by atoms with van der Waals surface area (Å²) in [6.45, 7) is 11.2. The molecule has 1 aromatic heterocycles. The van der Waals surface area contributed by atoms with Crippen molar-refractivity contribution in [3.05, 3.63) is 29.6 Å². The van der Waals surface area contributed by atoms with Crippen molar-refractivity contribution in [3.8, 4) is 0 Å². The van der Waals surface area contributed by atoms with E-state index in [2.05, 4.69) is 54.7 Å². The minimum absolute atomic E-state index is 0.791. The molecular formula is C24H43N3. The largest absolute Gasteiger partial charge is 0.317 e. The first-order chi connectivity index (χ1) is 13.2. The van der Waals surface area contributed by atoms with E-state index in [1.165, 1.54) is 69.2 Å². The van der Waals surface area contributed by atoms with Gasteiger partial charge in [0.2, 0.25) is 0 Å². The summed E-state index contributed by atoms with van der Waals surface area (Å²) < 4.78 is 0. The maximum atomic E-state index is 4.64. The van der Waals surface area contributed by atoms with Gasteiger partial charge in [0.05, 0.1) is 5.69 Å². The third-order valence-corrected chi connectivity index (χ3v) is 5.81. The fourth-order valence-electron chi connectivity index (χ4n) is 3.77. The van der Waals surface area contributed by atoms with Crippen LogP contribution in [0.1, 0.15) is 83.4 Å². The van der Waals surface area contributed by atoms with E-state index < -0.39 is 0 Å². The second-order valence-corrected chi connectivity index (χ2v) is 8.93. The highest BCUT2D eigenvalue weighted by molar-refractivity contribution is 5.14. The van der Waals surface area contributed by atoms with E-state index in [1.54, 1.807) is 0 Å². The number of pyridine rings is 1. The molecule has 2 atom stereocenters. The van der Waals surface area contributed by atoms with Crippen molar-refractivity contribution in [2.24, 2.45) is 17.8 Å². The molecule has 0 amide bonds. The number of nitrogens with zero attached hydrogens (tertiary/aromatic N) is 1. The quantitative estimate of drug-likeness (QED) is 0.384. The number of unbranched alkanes of at least 4 members (excludes halogenated alkanes) is 3. The van der Waals surface area contributed by atoms with Gasteiger partial charge in [-0.15, -0.1) is 0 Å². The highest BCUT2D eigenvalue weighted by Crippen LogP contribution is 2.41. The van der Waals surface area contributed by atoms with Crippen molar-refractivity contribution < 1.29 is 0 Å². The van der Waals surface area contributed by atoms with Crippen LogP contribution < -0.4 is 10.6 Å². The van der Waals surface area contributed by atoms with Crippen molar-refractivity contribution in [1.82, 2.24) is 15.6 Å². The predicted octanol–water partition coefficient (Wildman–Crippen LogP) is 5.35. The van der Waals surface area contributed by atoms with Gasteiger partial charge < -0.3 is 10.6 Å². The van der Waals surface area contributed by atoms with Gasteiger partial charge in [-0.1, -0.05) is 58.9 Å². The number of hydrogen-bond acceptors (Lipinski definition) is 3. The fraction of sp³-hybridized carbons (Fsp3) is 0.792. The SMILES string of the molecule is CCCCCCC1C[C@@H]1CNCc1ccc(CCCNCCC(C)C)cn1. The predicted molar refractivity (Wildman–Crippen MR) is 117 cm³/mol. The Kier molecular flexibility index (Phi) is 11.0. The van der Waals surface area contributed by atoms with Gasteiger partial charge in [0, 0.05) is 12.7 Å². The molecule has 1 unspecified atom stereocenters. The first-order valence-corrected chi connectivity index (χ1v) is 11.5. The molecule has 154 valence electrons. The molecule has 0 aromatic carbocycles. The van der Waals surface area contributed by atoms with Crippen molar-refractivity contribution in [2.45, 2.75) is 85.1 Å². The first-order valence-electron chi connectivity index (χ1n) is 11.5. The van der Waals surface area contributed by atoms with Crippen LogP contribution in [0.4, 0.5) is 0 Å². The van der Waals surface area contributed by atoms with E-state index in [9.17, 15) is 0 Å². The molecule has 1 aliphatic rings. The van der Waals surface area contributed by atoms with Crippen LogP contribution in [-0.4, -0.2) is 24.6 Å². The molecule has 1 aliphatic carbocycles. The Bertz CT molecular complexity index is 483. The van der Waals surface area contributed by atoms with Gasteiger partial charge in [-0.25, -0.2) is 0 Å². The molecule has 0 saturated heterocycles. The zero-order valence-corrected chi connectivity index (χ0v) is 18.1. The third kappa shape index (κ3) is 10.3. The lowest BCUT2D eigenvalue weighted by atomic mass is 10.1. The Morgan fingerprint density at radius 3 is 2.67 bits per heavy atom. The summed E-state index contributed by atoms with van der Waals surface area (Å²) >= 11 is 0. The van der Waals surface area contributed by atoms with E-state index in [1.807, 2.05) is 0 Å². The minimum Gasteiger partial charge on any atom is -0.317 e. The van der Waals surface area contributed by atoms with E-state index in [0.29, 0.717) is 0 Å². The second-order valence-electron chi connectivity index (χ2n) is 8.93. The van der Waals surface area contributed by atoms with Crippen molar-refractivity contribution >= 4 is 0 Å². The van der Waals surface area contributed by atoms with Crippen LogP contribution in [0, 0.1) is 17.8 Å². The molecule has 1 fully saturated rings. The number of aromatic nitrogens is 1. The van der Waals surface area contributed by atoms with E-state index in [0.717, 1.165) is 43.8 Å². The number of rotatable bonds is 16. The Labute approximate surface area is 168 Å². The van der Waals surface area contributed by atoms with E-state index in [-0.39, 0.29) is 0 Å². The summed E-state index contributed by atoms with van der Waals surface area (Å²) in [6.07, 6.45) is 14.2. The summed E-state index contributed by atoms with van der Waals surface area (Å²) in [4.78, 5) is 4.64. The molecule has 1 saturated carbocycles. The Balaban J connectivity index is 1.48. The molecule has 1 heterocycles. The minimum atomic E-state index is 0.791. The molecule has 2 N–H and O–H groups in total. The topological polar surface area (TPSA) is 37.0 Å². The summed E-state index contributed by atoms with van der Waals surface area (Å²) in [5, 5.41) is 7.15. The van der Waals surface area contributed by atoms with Crippen LogP contribution in [0.15, 0.2) is 18.3 Å². The second kappa shape index (κ2) is 13.3. The summed E-state index contributed by atoms with van der Waals surface area (Å²) in [5.41, 5.74) is 2.53. The van der Waals surface area contributed by atoms with Crippen LogP contribution in [0.25, 0.3) is 0 Å². The van der Waals surface area contributed by atoms with Crippen LogP contribution in [0.5, 0.6) is 0 Å². The third-order valence-electron chi connectivity index (χ3n) is 5.81. The molecule has 27 heavy (non-hydrogen) atoms. The fourth-order valence-corrected chi connectivity index (χ4v) is 3.77. The maximum Gasteiger partial charge on any atom is 0.0541 e. The van der Waals surface area contributed by atoms with Crippen molar-refractivity contribution in [2.75, 3.05) is 19.6 Å². The standard InChI is InChI=1S/C24H43N3/c1-4-5-6-7-10-22-16-23(22)18-26-19-24-12-11-21(17-27-24)9-8-14-25-15-13-20(2)3/h11-12,17,20,22-23,25-26H,4-10,13-16,18-19H2,1-3H3/t22?,23-/m1/s1. The summed E-state index contributed by atoms with van der Waals surface area (Å²) in [7, 11) is 0. The zero-order chi connectivity index (χ0) is 19.3. The summed E-state index contributed by atoms with van der Waals surface area (Å²) in [5.74, 6) is 2.72. The molecule has 3 nitrogen and oxygen atoms in total. The Morgan fingerprint density at radius 2 is 1.93 bits per heavy atom. The summed E-state index contributed by atoms with van der Waals surface area (Å²) in [6, 6.07) is 4.45. The number of nitrogens with one attached hydrogen (secondary N) is 2. The molecular weight excluding hydrogens is 330 g/mol. The van der Waals surface area contributed by atoms with Gasteiger partial charge in [0.1, 0.15) is 0 Å². The highest BCUT2D eigenvalue weighted by Gasteiger charge is 2.35. The molecule has 0 aliphatic heterocycles. The highest BCUT2D eigenvalue weighted by atomic mass is 14.9. The maximum absolute atomic E-state index is 4.64. The molecule has 0 spiro atoms. The number of aryl methyl sites for hydroxylation is 1. The van der Waals surface area contributed by atoms with E-state index >= 15 is 0 Å². The monoisotopic (exact) mass is 373 g/mol. The molecule has 1 aromatic rings. The van der Waals surface area contributed by atoms with Gasteiger partial charge in [-0.05, 0) is 74.7 Å². The van der Waals surface area contributed by atoms with E-state index in [4.69, 9.17) is 0 Å². The van der Waals surface area contributed by atoms with Crippen LogP contribution in [0.3, 0.4) is 0 Å². The zero-order valence-electron chi connectivity index (χ0n) is 18.1. The van der Waals surface area contributed by atoms with Crippen molar-refractivity contribution in [1.29, 1.82) is 0 Å². The molecule has 0 bridgehead atoms.